The number of fused-ring (bicyclic) bond motifs is 1. The van der Waals surface area contributed by atoms with Crippen LogP contribution in [0.25, 0.3) is 21.3 Å². The zero-order valence-corrected chi connectivity index (χ0v) is 16.5. The zero-order chi connectivity index (χ0) is 19.1. The summed E-state index contributed by atoms with van der Waals surface area (Å²) in [7, 11) is 1.90. The largest absolute Gasteiger partial charge is 0.367 e. The Bertz CT molecular complexity index is 872. The van der Waals surface area contributed by atoms with Crippen LogP contribution in [-0.4, -0.2) is 42.4 Å². The van der Waals surface area contributed by atoms with Gasteiger partial charge in [0.05, 0.1) is 10.2 Å². The number of thiazole rings is 1. The van der Waals surface area contributed by atoms with E-state index in [1.165, 1.54) is 17.2 Å². The molecule has 27 heavy (non-hydrogen) atoms. The number of nitrogens with zero attached hydrogens (tertiary/aromatic N) is 2. The summed E-state index contributed by atoms with van der Waals surface area (Å²) in [5.74, 6) is 0.960. The third-order valence-electron chi connectivity index (χ3n) is 4.39. The van der Waals surface area contributed by atoms with Crippen molar-refractivity contribution in [3.8, 4) is 11.1 Å². The monoisotopic (exact) mass is 383 g/mol. The molecule has 0 bridgehead atoms. The van der Waals surface area contributed by atoms with Gasteiger partial charge in [0.1, 0.15) is 12.1 Å². The van der Waals surface area contributed by atoms with Crippen molar-refractivity contribution in [1.29, 1.82) is 0 Å². The van der Waals surface area contributed by atoms with E-state index >= 15 is 0 Å². The molecular weight excluding hydrogens is 358 g/mol. The maximum absolute atomic E-state index is 8.81. The van der Waals surface area contributed by atoms with Crippen LogP contribution in [0.3, 0.4) is 0 Å². The predicted octanol–water partition coefficient (Wildman–Crippen LogP) is 3.77. The summed E-state index contributed by atoms with van der Waals surface area (Å²) < 4.78 is 1.19. The molecule has 142 valence electrons. The number of benzene rings is 1. The average Bonchev–Trinajstić information content (AvgIpc) is 3.12. The molecule has 2 aromatic heterocycles. The Morgan fingerprint density at radius 2 is 1.93 bits per heavy atom. The number of anilines is 2. The van der Waals surface area contributed by atoms with E-state index in [4.69, 9.17) is 4.79 Å². The summed E-state index contributed by atoms with van der Waals surface area (Å²) >= 11 is 1.67. The number of hydrogen-bond acceptors (Lipinski definition) is 7. The fraction of sp³-hybridized carbons (Fsp3) is 0.350. The minimum Gasteiger partial charge on any atom is -0.367 e. The Kier molecular flexibility index (Phi) is 6.73. The fourth-order valence-corrected chi connectivity index (χ4v) is 3.90. The predicted molar refractivity (Wildman–Crippen MR) is 114 cm³/mol. The summed E-state index contributed by atoms with van der Waals surface area (Å²) in [6.07, 6.45) is 5.00. The number of piperidine rings is 1. The average molecular weight is 384 g/mol. The number of hydrogen-bond donors (Lipinski definition) is 3. The van der Waals surface area contributed by atoms with Crippen molar-refractivity contribution in [3.63, 3.8) is 0 Å². The number of nitrogens with one attached hydrogen (secondary N) is 3. The van der Waals surface area contributed by atoms with Crippen LogP contribution in [0.4, 0.5) is 10.9 Å². The van der Waals surface area contributed by atoms with Crippen molar-refractivity contribution < 1.29 is 4.79 Å². The molecule has 0 amide bonds. The van der Waals surface area contributed by atoms with Crippen LogP contribution in [0.1, 0.15) is 19.8 Å². The molecular formula is C20H25N5OS. The maximum atomic E-state index is 8.81. The molecule has 0 aliphatic carbocycles. The van der Waals surface area contributed by atoms with Gasteiger partial charge in [-0.25, -0.2) is 9.97 Å². The minimum absolute atomic E-state index is 0.526. The molecule has 4 rings (SSSR count). The molecule has 3 N–H and O–H groups in total. The van der Waals surface area contributed by atoms with Crippen LogP contribution < -0.4 is 16.0 Å². The van der Waals surface area contributed by atoms with Crippen LogP contribution in [-0.2, 0) is 4.79 Å². The lowest BCUT2D eigenvalue weighted by molar-refractivity contribution is -0.106. The van der Waals surface area contributed by atoms with Crippen molar-refractivity contribution >= 4 is 38.8 Å². The molecule has 0 spiro atoms. The molecule has 0 radical (unpaired) electrons. The SMILES string of the molecule is CC=O.CNc1nc2ccc(-c3ccc(NC4CCNCC4)nc3)cc2s1. The molecule has 1 saturated heterocycles. The molecule has 1 aliphatic heterocycles. The van der Waals surface area contributed by atoms with Gasteiger partial charge >= 0.3 is 0 Å². The molecule has 7 heteroatoms. The van der Waals surface area contributed by atoms with E-state index in [0.29, 0.717) is 6.04 Å². The van der Waals surface area contributed by atoms with E-state index in [1.807, 2.05) is 13.2 Å². The van der Waals surface area contributed by atoms with Gasteiger partial charge in [0.15, 0.2) is 5.13 Å². The Balaban J connectivity index is 0.000000659. The van der Waals surface area contributed by atoms with Gasteiger partial charge in [0.25, 0.3) is 0 Å². The lowest BCUT2D eigenvalue weighted by Gasteiger charge is -2.24. The summed E-state index contributed by atoms with van der Waals surface area (Å²) in [6.45, 7) is 3.61. The first-order valence-corrected chi connectivity index (χ1v) is 9.97. The van der Waals surface area contributed by atoms with Crippen LogP contribution in [0.2, 0.25) is 0 Å². The maximum Gasteiger partial charge on any atom is 0.183 e. The Morgan fingerprint density at radius 3 is 2.59 bits per heavy atom. The van der Waals surface area contributed by atoms with E-state index in [-0.39, 0.29) is 0 Å². The zero-order valence-electron chi connectivity index (χ0n) is 15.7. The van der Waals surface area contributed by atoms with Gasteiger partial charge in [-0.15, -0.1) is 0 Å². The van der Waals surface area contributed by atoms with E-state index in [0.717, 1.165) is 54.2 Å². The number of carbonyl (C=O) groups is 1. The Morgan fingerprint density at radius 1 is 1.19 bits per heavy atom. The van der Waals surface area contributed by atoms with Crippen molar-refractivity contribution in [1.82, 2.24) is 15.3 Å². The van der Waals surface area contributed by atoms with Crippen molar-refractivity contribution in [2.75, 3.05) is 30.8 Å². The first-order chi connectivity index (χ1) is 13.2. The molecule has 6 nitrogen and oxygen atoms in total. The highest BCUT2D eigenvalue weighted by atomic mass is 32.1. The topological polar surface area (TPSA) is 78.9 Å². The number of aldehydes is 1. The molecule has 1 fully saturated rings. The van der Waals surface area contributed by atoms with Gasteiger partial charge in [0.2, 0.25) is 0 Å². The van der Waals surface area contributed by atoms with Crippen LogP contribution in [0.15, 0.2) is 36.5 Å². The van der Waals surface area contributed by atoms with Gasteiger partial charge in [0, 0.05) is 24.8 Å². The quantitative estimate of drug-likeness (QED) is 0.595. The van der Waals surface area contributed by atoms with Gasteiger partial charge < -0.3 is 20.7 Å². The fourth-order valence-electron chi connectivity index (χ4n) is 3.04. The van der Waals surface area contributed by atoms with Gasteiger partial charge in [-0.1, -0.05) is 17.4 Å². The molecule has 1 aliphatic rings. The molecule has 0 saturated carbocycles. The van der Waals surface area contributed by atoms with E-state index in [9.17, 15) is 0 Å². The van der Waals surface area contributed by atoms with Crippen LogP contribution in [0, 0.1) is 0 Å². The van der Waals surface area contributed by atoms with Crippen molar-refractivity contribution in [3.05, 3.63) is 36.5 Å². The summed E-state index contributed by atoms with van der Waals surface area (Å²) in [5, 5.41) is 11.0. The molecule has 0 atom stereocenters. The molecule has 1 aromatic carbocycles. The second-order valence-electron chi connectivity index (χ2n) is 6.29. The summed E-state index contributed by atoms with van der Waals surface area (Å²) in [5.41, 5.74) is 3.34. The highest BCUT2D eigenvalue weighted by Gasteiger charge is 2.13. The standard InChI is InChI=1S/C18H21N5S.C2H4O/c1-19-18-23-15-4-2-12(10-16(15)24-18)13-3-5-17(21-11-13)22-14-6-8-20-9-7-14;1-2-3/h2-5,10-11,14,20H,6-9H2,1H3,(H,19,23)(H,21,22);2H,1H3. The van der Waals surface area contributed by atoms with E-state index < -0.39 is 0 Å². The summed E-state index contributed by atoms with van der Waals surface area (Å²) in [4.78, 5) is 17.9. The third kappa shape index (κ3) is 5.02. The Hall–Kier alpha value is -2.51. The van der Waals surface area contributed by atoms with Crippen molar-refractivity contribution in [2.45, 2.75) is 25.8 Å². The second-order valence-corrected chi connectivity index (χ2v) is 7.32. The van der Waals surface area contributed by atoms with Crippen molar-refractivity contribution in [2.24, 2.45) is 0 Å². The van der Waals surface area contributed by atoms with E-state index in [1.54, 1.807) is 11.3 Å². The van der Waals surface area contributed by atoms with Gasteiger partial charge in [-0.05, 0) is 62.7 Å². The highest BCUT2D eigenvalue weighted by molar-refractivity contribution is 7.22. The van der Waals surface area contributed by atoms with E-state index in [2.05, 4.69) is 56.3 Å². The highest BCUT2D eigenvalue weighted by Crippen LogP contribution is 2.30. The summed E-state index contributed by atoms with van der Waals surface area (Å²) in [6, 6.07) is 11.1. The Labute approximate surface area is 163 Å². The first-order valence-electron chi connectivity index (χ1n) is 9.15. The molecule has 3 heterocycles. The second kappa shape index (κ2) is 9.43. The number of aromatic nitrogens is 2. The molecule has 3 aromatic rings. The number of pyridine rings is 1. The van der Waals surface area contributed by atoms with Gasteiger partial charge in [-0.2, -0.15) is 0 Å². The number of rotatable bonds is 4. The van der Waals surface area contributed by atoms with Gasteiger partial charge in [-0.3, -0.25) is 0 Å². The lowest BCUT2D eigenvalue weighted by Crippen LogP contribution is -2.35. The lowest BCUT2D eigenvalue weighted by atomic mass is 10.1. The smallest absolute Gasteiger partial charge is 0.183 e. The first kappa shape index (κ1) is 19.3. The third-order valence-corrected chi connectivity index (χ3v) is 5.43. The molecule has 0 unspecified atom stereocenters. The van der Waals surface area contributed by atoms with Crippen LogP contribution >= 0.6 is 11.3 Å². The minimum atomic E-state index is 0.526. The normalized spacial score (nSPS) is 14.3. The number of carbonyl (C=O) groups excluding carboxylic acids is 1. The van der Waals surface area contributed by atoms with Crippen LogP contribution in [0.5, 0.6) is 0 Å².